The first kappa shape index (κ1) is 19.2. The number of aromatic nitrogens is 2. The lowest BCUT2D eigenvalue weighted by Gasteiger charge is -2.30. The molecule has 3 aromatic rings. The molecule has 2 aromatic carbocycles. The van der Waals surface area contributed by atoms with Crippen molar-refractivity contribution in [3.63, 3.8) is 0 Å². The van der Waals surface area contributed by atoms with Crippen LogP contribution in [0.25, 0.3) is 0 Å². The highest BCUT2D eigenvalue weighted by Gasteiger charge is 2.24. The molecule has 0 fully saturated rings. The molecule has 142 valence electrons. The zero-order valence-corrected chi connectivity index (χ0v) is 15.9. The number of nitrogens with zero attached hydrogens (tertiary/aromatic N) is 3. The first-order chi connectivity index (χ1) is 13.5. The van der Waals surface area contributed by atoms with Gasteiger partial charge in [0.2, 0.25) is 5.91 Å². The van der Waals surface area contributed by atoms with Gasteiger partial charge in [-0.05, 0) is 30.2 Å². The van der Waals surface area contributed by atoms with Gasteiger partial charge in [0.05, 0.1) is 12.2 Å². The molecule has 6 nitrogen and oxygen atoms in total. The predicted octanol–water partition coefficient (Wildman–Crippen LogP) is 3.84. The highest BCUT2D eigenvalue weighted by molar-refractivity contribution is 5.92. The quantitative estimate of drug-likeness (QED) is 0.711. The van der Waals surface area contributed by atoms with E-state index >= 15 is 0 Å². The number of rotatable bonds is 6. The van der Waals surface area contributed by atoms with Gasteiger partial charge >= 0.3 is 0 Å². The lowest BCUT2D eigenvalue weighted by atomic mass is 10.0. The van der Waals surface area contributed by atoms with E-state index in [2.05, 4.69) is 15.3 Å². The number of carbonyl (C=O) groups excluding carboxylic acids is 2. The van der Waals surface area contributed by atoms with Crippen LogP contribution in [0.3, 0.4) is 0 Å². The fourth-order valence-corrected chi connectivity index (χ4v) is 2.98. The normalized spacial score (nSPS) is 11.5. The third-order valence-corrected chi connectivity index (χ3v) is 4.40. The van der Waals surface area contributed by atoms with Gasteiger partial charge in [0.25, 0.3) is 5.91 Å². The van der Waals surface area contributed by atoms with Gasteiger partial charge in [-0.2, -0.15) is 0 Å². The van der Waals surface area contributed by atoms with Crippen molar-refractivity contribution in [2.45, 2.75) is 26.4 Å². The largest absolute Gasteiger partial charge is 0.326 e. The van der Waals surface area contributed by atoms with Gasteiger partial charge in [0.15, 0.2) is 0 Å². The maximum absolute atomic E-state index is 13.2. The molecular weight excluding hydrogens is 352 g/mol. The fraction of sp³-hybridized carbons (Fsp3) is 0.182. The van der Waals surface area contributed by atoms with Crippen LogP contribution in [-0.4, -0.2) is 26.7 Å². The van der Waals surface area contributed by atoms with Crippen molar-refractivity contribution in [3.05, 3.63) is 90.0 Å². The third kappa shape index (κ3) is 4.79. The zero-order valence-electron chi connectivity index (χ0n) is 15.9. The van der Waals surface area contributed by atoms with Crippen LogP contribution < -0.4 is 5.32 Å². The summed E-state index contributed by atoms with van der Waals surface area (Å²) >= 11 is 0. The minimum absolute atomic E-state index is 0.137. The van der Waals surface area contributed by atoms with E-state index < -0.39 is 0 Å². The van der Waals surface area contributed by atoms with E-state index in [1.807, 2.05) is 61.5 Å². The highest BCUT2D eigenvalue weighted by Crippen LogP contribution is 2.26. The van der Waals surface area contributed by atoms with Crippen molar-refractivity contribution in [3.8, 4) is 0 Å². The number of hydrogen-bond donors (Lipinski definition) is 1. The van der Waals surface area contributed by atoms with E-state index in [0.29, 0.717) is 17.9 Å². The smallest absolute Gasteiger partial charge is 0.274 e. The molecule has 1 aromatic heterocycles. The molecule has 0 unspecified atom stereocenters. The number of amides is 2. The van der Waals surface area contributed by atoms with Gasteiger partial charge in [0, 0.05) is 31.5 Å². The van der Waals surface area contributed by atoms with Crippen LogP contribution in [0, 0.1) is 0 Å². The van der Waals surface area contributed by atoms with Crippen LogP contribution >= 0.6 is 0 Å². The summed E-state index contributed by atoms with van der Waals surface area (Å²) in [6.45, 7) is 3.86. The van der Waals surface area contributed by atoms with Crippen molar-refractivity contribution in [1.29, 1.82) is 0 Å². The summed E-state index contributed by atoms with van der Waals surface area (Å²) in [7, 11) is 0. The molecule has 0 aliphatic carbocycles. The summed E-state index contributed by atoms with van der Waals surface area (Å²) < 4.78 is 0. The first-order valence-corrected chi connectivity index (χ1v) is 9.03. The van der Waals surface area contributed by atoms with E-state index in [4.69, 9.17) is 0 Å². The Hall–Kier alpha value is -3.54. The van der Waals surface area contributed by atoms with Gasteiger partial charge in [-0.1, -0.05) is 42.5 Å². The lowest BCUT2D eigenvalue weighted by molar-refractivity contribution is -0.114. The zero-order chi connectivity index (χ0) is 19.9. The molecule has 0 saturated carbocycles. The highest BCUT2D eigenvalue weighted by atomic mass is 16.2. The minimum atomic E-state index is -0.233. The molecule has 1 N–H and O–H groups in total. The maximum atomic E-state index is 13.2. The minimum Gasteiger partial charge on any atom is -0.326 e. The topological polar surface area (TPSA) is 75.2 Å². The molecular formula is C22H22N4O2. The Morgan fingerprint density at radius 1 is 1.07 bits per heavy atom. The Bertz CT molecular complexity index is 945. The molecule has 0 bridgehead atoms. The summed E-state index contributed by atoms with van der Waals surface area (Å²) in [6, 6.07) is 17.1. The van der Waals surface area contributed by atoms with Crippen molar-refractivity contribution in [2.75, 3.05) is 5.32 Å². The summed E-state index contributed by atoms with van der Waals surface area (Å²) in [5.74, 6) is -0.337. The molecule has 2 amide bonds. The van der Waals surface area contributed by atoms with Crippen molar-refractivity contribution >= 4 is 17.5 Å². The molecule has 0 saturated heterocycles. The SMILES string of the molecule is CC(=O)Nc1cccc([C@@H](C)N(Cc2ccccc2)C(=O)c2cnccn2)c1. The third-order valence-electron chi connectivity index (χ3n) is 4.40. The molecule has 0 spiro atoms. The standard InChI is InChI=1S/C22H22N4O2/c1-16(19-9-6-10-20(13-19)25-17(2)27)26(15-18-7-4-3-5-8-18)22(28)21-14-23-11-12-24-21/h3-14,16H,15H2,1-2H3,(H,25,27)/t16-/m1/s1. The molecule has 0 radical (unpaired) electrons. The van der Waals surface area contributed by atoms with Crippen LogP contribution in [0.2, 0.25) is 0 Å². The number of anilines is 1. The van der Waals surface area contributed by atoms with E-state index in [1.165, 1.54) is 19.3 Å². The van der Waals surface area contributed by atoms with Gasteiger partial charge < -0.3 is 10.2 Å². The average molecular weight is 374 g/mol. The Morgan fingerprint density at radius 2 is 1.86 bits per heavy atom. The van der Waals surface area contributed by atoms with Crippen molar-refractivity contribution < 1.29 is 9.59 Å². The number of carbonyl (C=O) groups is 2. The van der Waals surface area contributed by atoms with Crippen LogP contribution in [0.15, 0.2) is 73.2 Å². The Labute approximate surface area is 164 Å². The van der Waals surface area contributed by atoms with E-state index in [-0.39, 0.29) is 17.9 Å². The number of hydrogen-bond acceptors (Lipinski definition) is 4. The molecule has 28 heavy (non-hydrogen) atoms. The average Bonchev–Trinajstić information content (AvgIpc) is 2.72. The molecule has 0 aliphatic rings. The summed E-state index contributed by atoms with van der Waals surface area (Å²) in [5.41, 5.74) is 2.93. The van der Waals surface area contributed by atoms with Crippen LogP contribution in [0.5, 0.6) is 0 Å². The van der Waals surface area contributed by atoms with Crippen LogP contribution in [0.4, 0.5) is 5.69 Å². The summed E-state index contributed by atoms with van der Waals surface area (Å²) in [6.07, 6.45) is 4.52. The van der Waals surface area contributed by atoms with E-state index in [0.717, 1.165) is 11.1 Å². The second kappa shape index (κ2) is 8.90. The summed E-state index contributed by atoms with van der Waals surface area (Å²) in [5, 5.41) is 2.78. The maximum Gasteiger partial charge on any atom is 0.274 e. The van der Waals surface area contributed by atoms with Crippen LogP contribution in [-0.2, 0) is 11.3 Å². The van der Waals surface area contributed by atoms with Crippen LogP contribution in [0.1, 0.15) is 41.5 Å². The second-order valence-corrected chi connectivity index (χ2v) is 6.49. The first-order valence-electron chi connectivity index (χ1n) is 9.03. The molecule has 1 atom stereocenters. The van der Waals surface area contributed by atoms with Gasteiger partial charge in [-0.25, -0.2) is 4.98 Å². The summed E-state index contributed by atoms with van der Waals surface area (Å²) in [4.78, 5) is 34.5. The Morgan fingerprint density at radius 3 is 2.54 bits per heavy atom. The number of benzene rings is 2. The van der Waals surface area contributed by atoms with Crippen molar-refractivity contribution in [1.82, 2.24) is 14.9 Å². The van der Waals surface area contributed by atoms with Gasteiger partial charge in [-0.15, -0.1) is 0 Å². The van der Waals surface area contributed by atoms with Gasteiger partial charge in [-0.3, -0.25) is 14.6 Å². The van der Waals surface area contributed by atoms with Gasteiger partial charge in [0.1, 0.15) is 5.69 Å². The number of nitrogens with one attached hydrogen (secondary N) is 1. The lowest BCUT2D eigenvalue weighted by Crippen LogP contribution is -2.33. The fourth-order valence-electron chi connectivity index (χ4n) is 2.98. The van der Waals surface area contributed by atoms with Crippen molar-refractivity contribution in [2.24, 2.45) is 0 Å². The monoisotopic (exact) mass is 374 g/mol. The molecule has 0 aliphatic heterocycles. The molecule has 1 heterocycles. The molecule has 6 heteroatoms. The molecule has 3 rings (SSSR count). The predicted molar refractivity (Wildman–Crippen MR) is 108 cm³/mol. The van der Waals surface area contributed by atoms with E-state index in [9.17, 15) is 9.59 Å². The Balaban J connectivity index is 1.93. The van der Waals surface area contributed by atoms with E-state index in [1.54, 1.807) is 11.1 Å². The Kier molecular flexibility index (Phi) is 6.11. The second-order valence-electron chi connectivity index (χ2n) is 6.49.